The van der Waals surface area contributed by atoms with E-state index in [0.29, 0.717) is 22.5 Å². The first-order valence-corrected chi connectivity index (χ1v) is 9.82. The van der Waals surface area contributed by atoms with Crippen molar-refractivity contribution in [3.8, 4) is 16.9 Å². The minimum atomic E-state index is -0.473. The summed E-state index contributed by atoms with van der Waals surface area (Å²) in [6.07, 6.45) is 2.02. The molecule has 1 amide bonds. The minimum absolute atomic E-state index is 0.0638. The maximum absolute atomic E-state index is 12.0. The normalized spacial score (nSPS) is 16.1. The molecule has 1 atom stereocenters. The van der Waals surface area contributed by atoms with Gasteiger partial charge in [-0.1, -0.05) is 41.9 Å². The number of ether oxygens (including phenoxy) is 2. The molecule has 0 unspecified atom stereocenters. The summed E-state index contributed by atoms with van der Waals surface area (Å²) in [5.74, 6) is 0.0101. The molecule has 1 saturated heterocycles. The summed E-state index contributed by atoms with van der Waals surface area (Å²) in [4.78, 5) is 24.1. The number of carbonyl (C=O) groups is 1. The lowest BCUT2D eigenvalue weighted by molar-refractivity contribution is -0.123. The Hall–Kier alpha value is -2.83. The molecule has 0 bridgehead atoms. The topological polar surface area (TPSA) is 77.8 Å². The molecule has 1 aliphatic rings. The van der Waals surface area contributed by atoms with Crippen LogP contribution in [0, 0.1) is 0 Å². The number of hydrogen-bond acceptors (Lipinski definition) is 5. The van der Waals surface area contributed by atoms with E-state index < -0.39 is 5.63 Å². The molecule has 0 spiro atoms. The number of hydrogen-bond donors (Lipinski definition) is 1. The first-order valence-electron chi connectivity index (χ1n) is 9.44. The molecular formula is C22H20ClNO5. The summed E-state index contributed by atoms with van der Waals surface area (Å²) >= 11 is 6.37. The van der Waals surface area contributed by atoms with Crippen molar-refractivity contribution in [2.24, 2.45) is 0 Å². The number of benzene rings is 2. The molecule has 1 N–H and O–H groups in total. The third kappa shape index (κ3) is 4.60. The maximum atomic E-state index is 12.0. The molecule has 150 valence electrons. The number of nitrogens with one attached hydrogen (secondary N) is 1. The van der Waals surface area contributed by atoms with Gasteiger partial charge in [-0.3, -0.25) is 4.79 Å². The summed E-state index contributed by atoms with van der Waals surface area (Å²) in [5, 5.41) is 3.81. The zero-order valence-corrected chi connectivity index (χ0v) is 16.4. The molecule has 7 heteroatoms. The number of fused-ring (bicyclic) bond motifs is 1. The highest BCUT2D eigenvalue weighted by atomic mass is 35.5. The lowest BCUT2D eigenvalue weighted by atomic mass is 10.0. The average Bonchev–Trinajstić information content (AvgIpc) is 3.25. The van der Waals surface area contributed by atoms with Gasteiger partial charge in [0.2, 0.25) is 0 Å². The van der Waals surface area contributed by atoms with E-state index in [2.05, 4.69) is 5.32 Å². The van der Waals surface area contributed by atoms with E-state index in [1.807, 2.05) is 30.3 Å². The van der Waals surface area contributed by atoms with Crippen LogP contribution in [0.2, 0.25) is 5.02 Å². The quantitative estimate of drug-likeness (QED) is 0.622. The summed E-state index contributed by atoms with van der Waals surface area (Å²) in [6.45, 7) is 1.00. The largest absolute Gasteiger partial charge is 0.482 e. The molecule has 1 aliphatic heterocycles. The van der Waals surface area contributed by atoms with Gasteiger partial charge in [0.1, 0.15) is 11.3 Å². The van der Waals surface area contributed by atoms with Crippen LogP contribution in [0.15, 0.2) is 57.7 Å². The summed E-state index contributed by atoms with van der Waals surface area (Å²) < 4.78 is 16.4. The highest BCUT2D eigenvalue weighted by Gasteiger charge is 2.17. The second-order valence-corrected chi connectivity index (χ2v) is 7.26. The molecule has 2 heterocycles. The first kappa shape index (κ1) is 19.5. The third-order valence-electron chi connectivity index (χ3n) is 4.79. The molecule has 2 aromatic carbocycles. The molecule has 1 aromatic heterocycles. The van der Waals surface area contributed by atoms with E-state index in [1.54, 1.807) is 12.1 Å². The number of amides is 1. The fourth-order valence-corrected chi connectivity index (χ4v) is 3.58. The lowest BCUT2D eigenvalue weighted by Gasteiger charge is -2.13. The van der Waals surface area contributed by atoms with Crippen molar-refractivity contribution < 1.29 is 18.7 Å². The molecule has 29 heavy (non-hydrogen) atoms. The van der Waals surface area contributed by atoms with Crippen LogP contribution in [-0.4, -0.2) is 31.8 Å². The van der Waals surface area contributed by atoms with E-state index in [0.717, 1.165) is 30.6 Å². The Labute approximate surface area is 172 Å². The van der Waals surface area contributed by atoms with Crippen LogP contribution in [0.25, 0.3) is 22.1 Å². The fourth-order valence-electron chi connectivity index (χ4n) is 3.36. The second kappa shape index (κ2) is 8.68. The average molecular weight is 414 g/mol. The number of halogens is 1. The molecule has 6 nitrogen and oxygen atoms in total. The minimum Gasteiger partial charge on any atom is -0.482 e. The Balaban J connectivity index is 1.53. The third-order valence-corrected chi connectivity index (χ3v) is 5.09. The highest BCUT2D eigenvalue weighted by molar-refractivity contribution is 6.33. The van der Waals surface area contributed by atoms with Gasteiger partial charge in [-0.2, -0.15) is 0 Å². The van der Waals surface area contributed by atoms with Crippen LogP contribution in [0.3, 0.4) is 0 Å². The molecule has 0 aliphatic carbocycles. The van der Waals surface area contributed by atoms with Gasteiger partial charge in [0.05, 0.1) is 11.1 Å². The van der Waals surface area contributed by atoms with Gasteiger partial charge in [0, 0.05) is 30.7 Å². The maximum Gasteiger partial charge on any atom is 0.336 e. The highest BCUT2D eigenvalue weighted by Crippen LogP contribution is 2.34. The van der Waals surface area contributed by atoms with Crippen LogP contribution in [-0.2, 0) is 9.53 Å². The van der Waals surface area contributed by atoms with Crippen molar-refractivity contribution >= 4 is 28.5 Å². The van der Waals surface area contributed by atoms with Crippen molar-refractivity contribution in [1.82, 2.24) is 5.32 Å². The predicted octanol–water partition coefficient (Wildman–Crippen LogP) is 3.79. The van der Waals surface area contributed by atoms with Crippen LogP contribution >= 0.6 is 11.6 Å². The van der Waals surface area contributed by atoms with E-state index in [4.69, 9.17) is 25.5 Å². The molecule has 3 aromatic rings. The van der Waals surface area contributed by atoms with E-state index >= 15 is 0 Å². The predicted molar refractivity (Wildman–Crippen MR) is 110 cm³/mol. The van der Waals surface area contributed by atoms with E-state index in [9.17, 15) is 9.59 Å². The second-order valence-electron chi connectivity index (χ2n) is 6.85. The van der Waals surface area contributed by atoms with E-state index in [1.165, 1.54) is 6.07 Å². The van der Waals surface area contributed by atoms with Gasteiger partial charge in [-0.15, -0.1) is 0 Å². The lowest BCUT2D eigenvalue weighted by Crippen LogP contribution is -2.35. The fraction of sp³-hybridized carbons (Fsp3) is 0.273. The van der Waals surface area contributed by atoms with E-state index in [-0.39, 0.29) is 24.4 Å². The molecule has 4 rings (SSSR count). The Bertz CT molecular complexity index is 1070. The van der Waals surface area contributed by atoms with Crippen molar-refractivity contribution in [1.29, 1.82) is 0 Å². The Morgan fingerprint density at radius 2 is 2.03 bits per heavy atom. The van der Waals surface area contributed by atoms with Gasteiger partial charge in [0.25, 0.3) is 5.91 Å². The summed E-state index contributed by atoms with van der Waals surface area (Å²) in [6, 6.07) is 14.2. The van der Waals surface area contributed by atoms with Crippen LogP contribution in [0.5, 0.6) is 5.75 Å². The monoisotopic (exact) mass is 413 g/mol. The number of carbonyl (C=O) groups excluding carboxylic acids is 1. The molecular weight excluding hydrogens is 394 g/mol. The SMILES string of the molecule is O=C(COc1cc2oc(=O)cc(-c3ccccc3)c2cc1Cl)NC[C@H]1CCCO1. The molecule has 1 fully saturated rings. The van der Waals surface area contributed by atoms with Gasteiger partial charge >= 0.3 is 5.63 Å². The summed E-state index contributed by atoms with van der Waals surface area (Å²) in [5.41, 5.74) is 1.47. The molecule has 0 saturated carbocycles. The first-order chi connectivity index (χ1) is 14.1. The smallest absolute Gasteiger partial charge is 0.336 e. The summed E-state index contributed by atoms with van der Waals surface area (Å²) in [7, 11) is 0. The van der Waals surface area contributed by atoms with Crippen LogP contribution in [0.1, 0.15) is 12.8 Å². The van der Waals surface area contributed by atoms with Crippen molar-refractivity contribution in [2.45, 2.75) is 18.9 Å². The van der Waals surface area contributed by atoms with Gasteiger partial charge < -0.3 is 19.2 Å². The Morgan fingerprint density at radius 3 is 2.79 bits per heavy atom. The van der Waals surface area contributed by atoms with Crippen molar-refractivity contribution in [3.05, 3.63) is 64.0 Å². The van der Waals surface area contributed by atoms with Gasteiger partial charge in [-0.25, -0.2) is 4.79 Å². The Kier molecular flexibility index (Phi) is 5.83. The zero-order chi connectivity index (χ0) is 20.2. The van der Waals surface area contributed by atoms with Crippen molar-refractivity contribution in [2.75, 3.05) is 19.8 Å². The van der Waals surface area contributed by atoms with Gasteiger partial charge in [-0.05, 0) is 30.0 Å². The van der Waals surface area contributed by atoms with Crippen molar-refractivity contribution in [3.63, 3.8) is 0 Å². The van der Waals surface area contributed by atoms with Gasteiger partial charge in [0.15, 0.2) is 6.61 Å². The van der Waals surface area contributed by atoms with Crippen LogP contribution < -0.4 is 15.7 Å². The molecule has 0 radical (unpaired) electrons. The standard InChI is InChI=1S/C22H20ClNO5/c23-18-9-17-16(14-5-2-1-3-6-14)10-22(26)29-19(17)11-20(18)28-13-21(25)24-12-15-7-4-8-27-15/h1-3,5-6,9-11,15H,4,7-8,12-13H2,(H,24,25)/t15-/m1/s1. The zero-order valence-electron chi connectivity index (χ0n) is 15.7. The number of rotatable bonds is 6. The Morgan fingerprint density at radius 1 is 1.21 bits per heavy atom. The van der Waals surface area contributed by atoms with Crippen LogP contribution in [0.4, 0.5) is 0 Å².